The summed E-state index contributed by atoms with van der Waals surface area (Å²) >= 11 is 12.7. The molecule has 0 aliphatic carbocycles. The van der Waals surface area contributed by atoms with Crippen molar-refractivity contribution in [3.05, 3.63) is 66.9 Å². The number of aromatic nitrogens is 1. The first kappa shape index (κ1) is 17.0. The molecule has 1 N–H and O–H groups in total. The summed E-state index contributed by atoms with van der Waals surface area (Å²) in [6.45, 7) is 0. The van der Waals surface area contributed by atoms with Gasteiger partial charge in [-0.1, -0.05) is 29.8 Å². The number of halogens is 1. The van der Waals surface area contributed by atoms with E-state index < -0.39 is 5.91 Å². The average Bonchev–Trinajstić information content (AvgIpc) is 3.10. The molecule has 2 heterocycles. The summed E-state index contributed by atoms with van der Waals surface area (Å²) < 4.78 is 7.01. The number of amides is 1. The first-order valence-electron chi connectivity index (χ1n) is 7.52. The van der Waals surface area contributed by atoms with E-state index in [-0.39, 0.29) is 5.88 Å². The molecule has 1 amide bonds. The van der Waals surface area contributed by atoms with E-state index in [1.807, 2.05) is 12.1 Å². The molecule has 0 atom stereocenters. The van der Waals surface area contributed by atoms with Crippen molar-refractivity contribution in [2.24, 2.45) is 4.99 Å². The van der Waals surface area contributed by atoms with Crippen LogP contribution in [0, 0.1) is 3.95 Å². The van der Waals surface area contributed by atoms with Crippen LogP contribution in [0.1, 0.15) is 4.88 Å². The van der Waals surface area contributed by atoms with Gasteiger partial charge in [-0.05, 0) is 36.5 Å². The number of rotatable bonds is 3. The van der Waals surface area contributed by atoms with E-state index in [1.165, 1.54) is 11.7 Å². The lowest BCUT2D eigenvalue weighted by molar-refractivity contribution is -0.112. The van der Waals surface area contributed by atoms with Gasteiger partial charge >= 0.3 is 0 Å². The molecule has 0 fully saturated rings. The van der Waals surface area contributed by atoms with E-state index >= 15 is 0 Å². The van der Waals surface area contributed by atoms with Crippen molar-refractivity contribution in [2.75, 3.05) is 7.11 Å². The number of benzene rings is 2. The van der Waals surface area contributed by atoms with Crippen LogP contribution in [-0.2, 0) is 4.79 Å². The van der Waals surface area contributed by atoms with Crippen molar-refractivity contribution in [3.8, 4) is 17.3 Å². The number of carbonyl (C=O) groups is 1. The SMILES string of the molecule is COc1ccc(-n2c(O)c(C3=c4ccccc4=NC3=O)sc2=S)cc1Cl. The summed E-state index contributed by atoms with van der Waals surface area (Å²) in [6.07, 6.45) is 0. The minimum atomic E-state index is -0.391. The number of para-hydroxylation sites is 1. The Balaban J connectivity index is 1.95. The zero-order valence-electron chi connectivity index (χ0n) is 13.4. The average molecular weight is 403 g/mol. The normalized spacial score (nSPS) is 12.8. The van der Waals surface area contributed by atoms with Crippen LogP contribution < -0.4 is 15.3 Å². The summed E-state index contributed by atoms with van der Waals surface area (Å²) in [5, 5.41) is 12.5. The molecule has 4 rings (SSSR count). The molecule has 0 spiro atoms. The zero-order chi connectivity index (χ0) is 18.4. The Labute approximate surface area is 162 Å². The van der Waals surface area contributed by atoms with Crippen LogP contribution in [0.4, 0.5) is 0 Å². The van der Waals surface area contributed by atoms with Crippen molar-refractivity contribution < 1.29 is 14.6 Å². The number of methoxy groups -OCH3 is 1. The highest BCUT2D eigenvalue weighted by Crippen LogP contribution is 2.36. The molecule has 1 aliphatic rings. The standard InChI is InChI=1S/C18H11ClN2O3S2/c1-24-13-7-6-9(8-11(13)19)21-17(23)15(26-18(21)25)14-10-4-2-3-5-12(10)20-16(14)22/h2-8,23H,1H3. The first-order chi connectivity index (χ1) is 12.5. The summed E-state index contributed by atoms with van der Waals surface area (Å²) in [4.78, 5) is 16.8. The van der Waals surface area contributed by atoms with Gasteiger partial charge in [-0.25, -0.2) is 4.99 Å². The molecular formula is C18H11ClN2O3S2. The third-order valence-corrected chi connectivity index (χ3v) is 5.69. The number of carbonyl (C=O) groups excluding carboxylic acids is 1. The van der Waals surface area contributed by atoms with Crippen molar-refractivity contribution in [2.45, 2.75) is 0 Å². The highest BCUT2D eigenvalue weighted by Gasteiger charge is 2.25. The maximum atomic E-state index is 12.4. The van der Waals surface area contributed by atoms with Crippen LogP contribution in [0.25, 0.3) is 11.3 Å². The predicted molar refractivity (Wildman–Crippen MR) is 102 cm³/mol. The maximum Gasteiger partial charge on any atom is 0.279 e. The van der Waals surface area contributed by atoms with Gasteiger partial charge in [-0.2, -0.15) is 0 Å². The van der Waals surface area contributed by atoms with Crippen LogP contribution in [-0.4, -0.2) is 22.7 Å². The van der Waals surface area contributed by atoms with Crippen LogP contribution >= 0.6 is 35.2 Å². The van der Waals surface area contributed by atoms with Gasteiger partial charge in [0.2, 0.25) is 5.88 Å². The van der Waals surface area contributed by atoms with E-state index in [0.29, 0.717) is 41.4 Å². The molecule has 0 radical (unpaired) electrons. The third-order valence-electron chi connectivity index (χ3n) is 4.02. The monoisotopic (exact) mass is 402 g/mol. The van der Waals surface area contributed by atoms with Crippen molar-refractivity contribution in [3.63, 3.8) is 0 Å². The second-order valence-corrected chi connectivity index (χ2v) is 7.54. The van der Waals surface area contributed by atoms with Gasteiger partial charge in [0.25, 0.3) is 5.91 Å². The Morgan fingerprint density at radius 2 is 2.04 bits per heavy atom. The predicted octanol–water partition coefficient (Wildman–Crippen LogP) is 2.99. The van der Waals surface area contributed by atoms with E-state index in [1.54, 1.807) is 30.3 Å². The Morgan fingerprint density at radius 3 is 2.77 bits per heavy atom. The highest BCUT2D eigenvalue weighted by atomic mass is 35.5. The van der Waals surface area contributed by atoms with Gasteiger partial charge in [0.15, 0.2) is 3.95 Å². The van der Waals surface area contributed by atoms with Crippen LogP contribution in [0.15, 0.2) is 47.5 Å². The van der Waals surface area contributed by atoms with Gasteiger partial charge < -0.3 is 9.84 Å². The number of ether oxygens (including phenoxy) is 1. The maximum absolute atomic E-state index is 12.4. The molecule has 0 unspecified atom stereocenters. The second kappa shape index (κ2) is 6.35. The summed E-state index contributed by atoms with van der Waals surface area (Å²) in [6, 6.07) is 12.3. The fourth-order valence-corrected chi connectivity index (χ4v) is 4.47. The molecule has 0 saturated heterocycles. The summed E-state index contributed by atoms with van der Waals surface area (Å²) in [5.41, 5.74) is 0.935. The molecule has 3 aromatic rings. The summed E-state index contributed by atoms with van der Waals surface area (Å²) in [7, 11) is 1.52. The van der Waals surface area contributed by atoms with Crippen molar-refractivity contribution in [1.29, 1.82) is 0 Å². The first-order valence-corrected chi connectivity index (χ1v) is 9.13. The smallest absolute Gasteiger partial charge is 0.279 e. The van der Waals surface area contributed by atoms with Crippen molar-refractivity contribution in [1.82, 2.24) is 4.57 Å². The number of nitrogens with zero attached hydrogens (tertiary/aromatic N) is 2. The molecule has 1 aromatic heterocycles. The molecular weight excluding hydrogens is 392 g/mol. The van der Waals surface area contributed by atoms with Crippen LogP contribution in [0.3, 0.4) is 0 Å². The fraction of sp³-hybridized carbons (Fsp3) is 0.0556. The minimum absolute atomic E-state index is 0.114. The molecule has 26 heavy (non-hydrogen) atoms. The Morgan fingerprint density at radius 1 is 1.27 bits per heavy atom. The molecule has 0 bridgehead atoms. The van der Waals surface area contributed by atoms with E-state index in [9.17, 15) is 9.90 Å². The Hall–Kier alpha value is -2.48. The second-order valence-electron chi connectivity index (χ2n) is 5.48. The van der Waals surface area contributed by atoms with Gasteiger partial charge in [0.05, 0.1) is 28.8 Å². The fourth-order valence-electron chi connectivity index (χ4n) is 2.83. The van der Waals surface area contributed by atoms with Gasteiger partial charge in [0, 0.05) is 5.22 Å². The molecule has 8 heteroatoms. The molecule has 5 nitrogen and oxygen atoms in total. The number of aromatic hydroxyl groups is 1. The van der Waals surface area contributed by atoms with E-state index in [4.69, 9.17) is 28.6 Å². The lowest BCUT2D eigenvalue weighted by Gasteiger charge is -2.08. The van der Waals surface area contributed by atoms with E-state index in [2.05, 4.69) is 4.99 Å². The quantitative estimate of drug-likeness (QED) is 0.684. The zero-order valence-corrected chi connectivity index (χ0v) is 15.8. The molecule has 0 saturated carbocycles. The van der Waals surface area contributed by atoms with Crippen LogP contribution in [0.2, 0.25) is 5.02 Å². The summed E-state index contributed by atoms with van der Waals surface area (Å²) in [5.74, 6) is 0.0131. The third kappa shape index (κ3) is 2.56. The van der Waals surface area contributed by atoms with Crippen LogP contribution in [0.5, 0.6) is 11.6 Å². The molecule has 2 aromatic carbocycles. The van der Waals surface area contributed by atoms with E-state index in [0.717, 1.165) is 11.3 Å². The number of thiazole rings is 1. The Bertz CT molecular complexity index is 1240. The lowest BCUT2D eigenvalue weighted by Crippen LogP contribution is -2.22. The highest BCUT2D eigenvalue weighted by molar-refractivity contribution is 7.73. The number of hydrogen-bond donors (Lipinski definition) is 1. The van der Waals surface area contributed by atoms with Gasteiger partial charge in [-0.3, -0.25) is 9.36 Å². The topological polar surface area (TPSA) is 63.8 Å². The minimum Gasteiger partial charge on any atom is -0.495 e. The molecule has 1 aliphatic heterocycles. The Kier molecular flexibility index (Phi) is 4.14. The molecule has 130 valence electrons. The van der Waals surface area contributed by atoms with Gasteiger partial charge in [-0.15, -0.1) is 11.3 Å². The number of fused-ring (bicyclic) bond motifs is 1. The largest absolute Gasteiger partial charge is 0.495 e. The lowest BCUT2D eigenvalue weighted by atomic mass is 10.1. The van der Waals surface area contributed by atoms with Gasteiger partial charge in [0.1, 0.15) is 10.6 Å². The van der Waals surface area contributed by atoms with Crippen molar-refractivity contribution >= 4 is 46.6 Å². The number of hydrogen-bond acceptors (Lipinski definition) is 5.